The van der Waals surface area contributed by atoms with Gasteiger partial charge in [-0.3, -0.25) is 9.69 Å². The van der Waals surface area contributed by atoms with Gasteiger partial charge in [-0.25, -0.2) is 0 Å². The largest absolute Gasteiger partial charge is 0.480 e. The van der Waals surface area contributed by atoms with E-state index in [1.165, 1.54) is 0 Å². The number of hydrogen-bond acceptors (Lipinski definition) is 2. The highest BCUT2D eigenvalue weighted by Crippen LogP contribution is 2.30. The second-order valence-electron chi connectivity index (χ2n) is 4.01. The minimum atomic E-state index is -0.824. The third-order valence-corrected chi connectivity index (χ3v) is 3.28. The fourth-order valence-corrected chi connectivity index (χ4v) is 2.42. The molecule has 16 heavy (non-hydrogen) atoms. The van der Waals surface area contributed by atoms with Gasteiger partial charge in [-0.05, 0) is 37.6 Å². The highest BCUT2D eigenvalue weighted by Gasteiger charge is 2.30. The van der Waals surface area contributed by atoms with Crippen molar-refractivity contribution in [2.75, 3.05) is 13.1 Å². The number of benzene rings is 1. The molecule has 2 rings (SSSR count). The fraction of sp³-hybridized carbons (Fsp3) is 0.417. The number of likely N-dealkylation sites (tertiary alicyclic amines) is 1. The van der Waals surface area contributed by atoms with Crippen molar-refractivity contribution in [2.45, 2.75) is 18.9 Å². The van der Waals surface area contributed by atoms with Crippen LogP contribution in [0, 0.1) is 0 Å². The Balaban J connectivity index is 2.32. The van der Waals surface area contributed by atoms with Crippen LogP contribution < -0.4 is 0 Å². The number of nitrogens with zero attached hydrogens (tertiary/aromatic N) is 1. The molecule has 1 aliphatic rings. The topological polar surface area (TPSA) is 40.5 Å². The third kappa shape index (κ3) is 2.20. The molecule has 1 N–H and O–H groups in total. The third-order valence-electron chi connectivity index (χ3n) is 2.94. The van der Waals surface area contributed by atoms with Crippen LogP contribution in [0.4, 0.5) is 0 Å². The lowest BCUT2D eigenvalue weighted by atomic mass is 10.1. The Hall–Kier alpha value is -1.06. The van der Waals surface area contributed by atoms with Crippen molar-refractivity contribution < 1.29 is 9.90 Å². The lowest BCUT2D eigenvalue weighted by molar-refractivity contribution is -0.143. The fourth-order valence-electron chi connectivity index (χ4n) is 2.18. The maximum Gasteiger partial charge on any atom is 0.325 e. The molecule has 0 aromatic heterocycles. The summed E-state index contributed by atoms with van der Waals surface area (Å²) in [5, 5.41) is 9.84. The monoisotopic (exact) mass is 239 g/mol. The zero-order valence-corrected chi connectivity index (χ0v) is 9.65. The summed E-state index contributed by atoms with van der Waals surface area (Å²) in [6.07, 6.45) is 2.13. The average Bonchev–Trinajstić information content (AvgIpc) is 2.74. The zero-order valence-electron chi connectivity index (χ0n) is 8.90. The summed E-state index contributed by atoms with van der Waals surface area (Å²) in [5.74, 6) is -0.824. The summed E-state index contributed by atoms with van der Waals surface area (Å²) in [4.78, 5) is 13.3. The van der Waals surface area contributed by atoms with Gasteiger partial charge in [0.15, 0.2) is 0 Å². The summed E-state index contributed by atoms with van der Waals surface area (Å²) < 4.78 is 0. The Morgan fingerprint density at radius 1 is 1.31 bits per heavy atom. The summed E-state index contributed by atoms with van der Waals surface area (Å²) in [6, 6.07) is 6.57. The van der Waals surface area contributed by atoms with Crippen LogP contribution in [0.1, 0.15) is 24.4 Å². The van der Waals surface area contributed by atoms with Crippen LogP contribution in [0.15, 0.2) is 24.3 Å². The normalized spacial score (nSPS) is 18.6. The molecule has 3 nitrogen and oxygen atoms in total. The van der Waals surface area contributed by atoms with Crippen molar-refractivity contribution in [2.24, 2.45) is 0 Å². The van der Waals surface area contributed by atoms with Crippen LogP contribution in [0.3, 0.4) is 0 Å². The van der Waals surface area contributed by atoms with Gasteiger partial charge < -0.3 is 5.11 Å². The average molecular weight is 240 g/mol. The molecule has 1 aromatic carbocycles. The number of aliphatic carboxylic acids is 1. The number of hydrogen-bond donors (Lipinski definition) is 1. The van der Waals surface area contributed by atoms with E-state index in [4.69, 9.17) is 11.6 Å². The summed E-state index contributed by atoms with van der Waals surface area (Å²) >= 11 is 6.05. The molecule has 0 radical (unpaired) electrons. The maximum atomic E-state index is 11.3. The van der Waals surface area contributed by atoms with E-state index in [2.05, 4.69) is 0 Å². The molecule has 0 saturated carbocycles. The van der Waals surface area contributed by atoms with Crippen LogP contribution in [0.2, 0.25) is 5.02 Å². The molecular formula is C12H14ClNO2. The molecule has 1 fully saturated rings. The van der Waals surface area contributed by atoms with Gasteiger partial charge in [0.1, 0.15) is 6.04 Å². The number of carboxylic acids is 1. The molecule has 86 valence electrons. The lowest BCUT2D eigenvalue weighted by Crippen LogP contribution is -2.31. The first-order chi connectivity index (χ1) is 7.70. The van der Waals surface area contributed by atoms with E-state index in [9.17, 15) is 9.90 Å². The molecule has 1 saturated heterocycles. The Morgan fingerprint density at radius 2 is 1.94 bits per heavy atom. The molecule has 1 aliphatic heterocycles. The Kier molecular flexibility index (Phi) is 3.46. The quantitative estimate of drug-likeness (QED) is 0.881. The standard InChI is InChI=1S/C12H14ClNO2/c13-10-6-2-1-5-9(10)11(12(15)16)14-7-3-4-8-14/h1-2,5-6,11H,3-4,7-8H2,(H,15,16). The Morgan fingerprint density at radius 3 is 2.50 bits per heavy atom. The predicted octanol–water partition coefficient (Wildman–Crippen LogP) is 2.56. The van der Waals surface area contributed by atoms with Gasteiger partial charge in [0.05, 0.1) is 0 Å². The van der Waals surface area contributed by atoms with Crippen molar-refractivity contribution in [3.05, 3.63) is 34.9 Å². The van der Waals surface area contributed by atoms with Crippen LogP contribution in [0.25, 0.3) is 0 Å². The van der Waals surface area contributed by atoms with Gasteiger partial charge >= 0.3 is 5.97 Å². The second-order valence-corrected chi connectivity index (χ2v) is 4.41. The minimum absolute atomic E-state index is 0.529. The molecular weight excluding hydrogens is 226 g/mol. The van der Waals surface area contributed by atoms with Gasteiger partial charge in [-0.2, -0.15) is 0 Å². The zero-order chi connectivity index (χ0) is 11.5. The summed E-state index contributed by atoms with van der Waals surface area (Å²) in [5.41, 5.74) is 0.693. The van der Waals surface area contributed by atoms with E-state index in [1.54, 1.807) is 12.1 Å². The van der Waals surface area contributed by atoms with Crippen molar-refractivity contribution in [3.63, 3.8) is 0 Å². The smallest absolute Gasteiger partial charge is 0.325 e. The SMILES string of the molecule is O=C(O)C(c1ccccc1Cl)N1CCCC1. The molecule has 0 spiro atoms. The van der Waals surface area contributed by atoms with E-state index in [1.807, 2.05) is 17.0 Å². The first kappa shape index (κ1) is 11.4. The molecule has 0 bridgehead atoms. The van der Waals surface area contributed by atoms with E-state index < -0.39 is 12.0 Å². The van der Waals surface area contributed by atoms with E-state index in [0.29, 0.717) is 10.6 Å². The number of halogens is 1. The molecule has 1 unspecified atom stereocenters. The number of carboxylic acid groups (broad SMARTS) is 1. The second kappa shape index (κ2) is 4.85. The molecule has 1 atom stereocenters. The van der Waals surface area contributed by atoms with Crippen LogP contribution >= 0.6 is 11.6 Å². The Labute approximate surface area is 99.6 Å². The molecule has 4 heteroatoms. The van der Waals surface area contributed by atoms with Crippen molar-refractivity contribution >= 4 is 17.6 Å². The highest BCUT2D eigenvalue weighted by atomic mass is 35.5. The van der Waals surface area contributed by atoms with Gasteiger partial charge in [-0.1, -0.05) is 29.8 Å². The van der Waals surface area contributed by atoms with E-state index in [-0.39, 0.29) is 0 Å². The lowest BCUT2D eigenvalue weighted by Gasteiger charge is -2.24. The molecule has 1 aromatic rings. The van der Waals surface area contributed by atoms with Crippen LogP contribution in [-0.2, 0) is 4.79 Å². The molecule has 0 aliphatic carbocycles. The first-order valence-corrected chi connectivity index (χ1v) is 5.79. The van der Waals surface area contributed by atoms with E-state index >= 15 is 0 Å². The molecule has 0 amide bonds. The van der Waals surface area contributed by atoms with Crippen LogP contribution in [-0.4, -0.2) is 29.1 Å². The highest BCUT2D eigenvalue weighted by molar-refractivity contribution is 6.31. The minimum Gasteiger partial charge on any atom is -0.480 e. The molecule has 1 heterocycles. The summed E-state index contributed by atoms with van der Waals surface area (Å²) in [6.45, 7) is 1.67. The van der Waals surface area contributed by atoms with Gasteiger partial charge in [0.2, 0.25) is 0 Å². The van der Waals surface area contributed by atoms with Gasteiger partial charge in [0.25, 0.3) is 0 Å². The predicted molar refractivity (Wildman–Crippen MR) is 62.6 cm³/mol. The van der Waals surface area contributed by atoms with Crippen molar-refractivity contribution in [1.29, 1.82) is 0 Å². The van der Waals surface area contributed by atoms with Crippen LogP contribution in [0.5, 0.6) is 0 Å². The van der Waals surface area contributed by atoms with Crippen molar-refractivity contribution in [1.82, 2.24) is 4.90 Å². The van der Waals surface area contributed by atoms with Gasteiger partial charge in [0, 0.05) is 5.02 Å². The first-order valence-electron chi connectivity index (χ1n) is 5.41. The Bertz CT molecular complexity index is 388. The van der Waals surface area contributed by atoms with Gasteiger partial charge in [-0.15, -0.1) is 0 Å². The summed E-state index contributed by atoms with van der Waals surface area (Å²) in [7, 11) is 0. The maximum absolute atomic E-state index is 11.3. The van der Waals surface area contributed by atoms with E-state index in [0.717, 1.165) is 25.9 Å². The number of rotatable bonds is 3. The number of carbonyl (C=O) groups is 1. The van der Waals surface area contributed by atoms with Crippen molar-refractivity contribution in [3.8, 4) is 0 Å².